The molecule has 0 aliphatic carbocycles. The van der Waals surface area contributed by atoms with E-state index in [1.54, 1.807) is 6.33 Å². The van der Waals surface area contributed by atoms with Gasteiger partial charge in [-0.25, -0.2) is 0 Å². The molecule has 0 saturated heterocycles. The summed E-state index contributed by atoms with van der Waals surface area (Å²) in [6, 6.07) is 23.9. The largest absolute Gasteiger partial charge is 0.338 e. The van der Waals surface area contributed by atoms with Crippen LogP contribution in [0.4, 0.5) is 0 Å². The van der Waals surface area contributed by atoms with E-state index in [1.807, 2.05) is 41.8 Å². The SMILES string of the molecule is Cc1cccc(C)c1-n1cnnc1-c1[c-]cc2c(c1)nc(C)n2-c1ccccc1.[Ir]. The fourth-order valence-corrected chi connectivity index (χ4v) is 3.94. The van der Waals surface area contributed by atoms with E-state index in [9.17, 15) is 0 Å². The molecule has 5 aromatic rings. The Kier molecular flexibility index (Phi) is 5.37. The summed E-state index contributed by atoms with van der Waals surface area (Å²) in [4.78, 5) is 4.78. The van der Waals surface area contributed by atoms with E-state index >= 15 is 0 Å². The predicted molar refractivity (Wildman–Crippen MR) is 114 cm³/mol. The van der Waals surface area contributed by atoms with Gasteiger partial charge in [0.05, 0.1) is 5.82 Å². The van der Waals surface area contributed by atoms with Crippen LogP contribution in [-0.2, 0) is 20.1 Å². The average molecular weight is 571 g/mol. The van der Waals surface area contributed by atoms with E-state index in [-0.39, 0.29) is 20.1 Å². The zero-order valence-electron chi connectivity index (χ0n) is 16.9. The van der Waals surface area contributed by atoms with Crippen molar-refractivity contribution < 1.29 is 20.1 Å². The third-order valence-electron chi connectivity index (χ3n) is 5.24. The van der Waals surface area contributed by atoms with Crippen molar-refractivity contribution in [1.82, 2.24) is 24.3 Å². The Labute approximate surface area is 188 Å². The average Bonchev–Trinajstić information content (AvgIpc) is 3.32. The first kappa shape index (κ1) is 20.2. The van der Waals surface area contributed by atoms with Crippen LogP contribution in [0.5, 0.6) is 0 Å². The summed E-state index contributed by atoms with van der Waals surface area (Å²) in [5.41, 5.74) is 7.36. The first-order chi connectivity index (χ1) is 14.1. The molecule has 1 radical (unpaired) electrons. The van der Waals surface area contributed by atoms with Crippen LogP contribution >= 0.6 is 0 Å². The molecule has 30 heavy (non-hydrogen) atoms. The number of benzene rings is 3. The summed E-state index contributed by atoms with van der Waals surface area (Å²) >= 11 is 0. The molecule has 0 N–H and O–H groups in total. The molecule has 5 rings (SSSR count). The van der Waals surface area contributed by atoms with Gasteiger partial charge in [0.1, 0.15) is 12.2 Å². The molecule has 5 nitrogen and oxygen atoms in total. The molecule has 0 aliphatic heterocycles. The fourth-order valence-electron chi connectivity index (χ4n) is 3.94. The third-order valence-corrected chi connectivity index (χ3v) is 5.24. The van der Waals surface area contributed by atoms with Crippen molar-refractivity contribution in [2.24, 2.45) is 0 Å². The zero-order chi connectivity index (χ0) is 20.0. The summed E-state index contributed by atoms with van der Waals surface area (Å²) in [6.07, 6.45) is 1.76. The molecule has 0 amide bonds. The second kappa shape index (κ2) is 7.98. The molecule has 0 atom stereocenters. The molecule has 0 bridgehead atoms. The molecule has 151 valence electrons. The molecule has 0 spiro atoms. The Morgan fingerprint density at radius 2 is 1.63 bits per heavy atom. The second-order valence-electron chi connectivity index (χ2n) is 7.21. The number of aromatic nitrogens is 5. The Bertz CT molecular complexity index is 1310. The monoisotopic (exact) mass is 571 g/mol. The quantitative estimate of drug-likeness (QED) is 0.287. The van der Waals surface area contributed by atoms with E-state index < -0.39 is 0 Å². The Balaban J connectivity index is 0.00000218. The van der Waals surface area contributed by atoms with Gasteiger partial charge in [-0.2, -0.15) is 5.10 Å². The second-order valence-corrected chi connectivity index (χ2v) is 7.21. The van der Waals surface area contributed by atoms with Gasteiger partial charge in [-0.05, 0) is 49.5 Å². The normalized spacial score (nSPS) is 10.9. The van der Waals surface area contributed by atoms with Gasteiger partial charge in [0.15, 0.2) is 0 Å². The van der Waals surface area contributed by atoms with Gasteiger partial charge < -0.3 is 9.13 Å². The Hall–Kier alpha value is -3.08. The van der Waals surface area contributed by atoms with Crippen LogP contribution in [0.25, 0.3) is 33.8 Å². The summed E-state index contributed by atoms with van der Waals surface area (Å²) in [7, 11) is 0. The number of para-hydroxylation sites is 2. The van der Waals surface area contributed by atoms with Crippen LogP contribution < -0.4 is 0 Å². The third kappa shape index (κ3) is 3.28. The first-order valence-electron chi connectivity index (χ1n) is 9.56. The van der Waals surface area contributed by atoms with Gasteiger partial charge >= 0.3 is 0 Å². The standard InChI is InChI=1S/C24H20N5.Ir/c1-16-8-7-9-17(2)23(16)28-15-25-27-24(28)19-12-13-22-21(14-19)26-18(3)29(22)20-10-5-4-6-11-20;/h4-11,13-15H,1-3H3;/q-1;. The van der Waals surface area contributed by atoms with Crippen molar-refractivity contribution in [1.29, 1.82) is 0 Å². The van der Waals surface area contributed by atoms with Crippen molar-refractivity contribution in [3.8, 4) is 22.8 Å². The molecule has 0 aliphatic rings. The number of fused-ring (bicyclic) bond motifs is 1. The number of aryl methyl sites for hydroxylation is 3. The van der Waals surface area contributed by atoms with Crippen molar-refractivity contribution >= 4 is 11.0 Å². The maximum absolute atomic E-state index is 4.78. The minimum Gasteiger partial charge on any atom is -0.338 e. The number of nitrogens with zero attached hydrogens (tertiary/aromatic N) is 5. The topological polar surface area (TPSA) is 48.5 Å². The Morgan fingerprint density at radius 3 is 2.37 bits per heavy atom. The van der Waals surface area contributed by atoms with Crippen molar-refractivity contribution in [3.05, 3.63) is 90.0 Å². The van der Waals surface area contributed by atoms with Gasteiger partial charge in [0.2, 0.25) is 0 Å². The van der Waals surface area contributed by atoms with E-state index in [0.717, 1.165) is 39.6 Å². The molecular weight excluding hydrogens is 551 g/mol. The van der Waals surface area contributed by atoms with Crippen LogP contribution in [0.15, 0.2) is 67.0 Å². The van der Waals surface area contributed by atoms with Crippen LogP contribution in [0.2, 0.25) is 0 Å². The van der Waals surface area contributed by atoms with E-state index in [4.69, 9.17) is 4.98 Å². The van der Waals surface area contributed by atoms with E-state index in [1.165, 1.54) is 11.1 Å². The molecule has 0 fully saturated rings. The van der Waals surface area contributed by atoms with Crippen molar-refractivity contribution in [3.63, 3.8) is 0 Å². The molecule has 2 heterocycles. The van der Waals surface area contributed by atoms with Gasteiger partial charge in [0.25, 0.3) is 0 Å². The fraction of sp³-hybridized carbons (Fsp3) is 0.125. The van der Waals surface area contributed by atoms with Gasteiger partial charge in [-0.3, -0.25) is 4.98 Å². The van der Waals surface area contributed by atoms with Crippen LogP contribution in [-0.4, -0.2) is 24.3 Å². The Morgan fingerprint density at radius 1 is 0.900 bits per heavy atom. The molecular formula is C24H20IrN5-. The number of hydrogen-bond donors (Lipinski definition) is 0. The van der Waals surface area contributed by atoms with E-state index in [0.29, 0.717) is 0 Å². The minimum absolute atomic E-state index is 0. The maximum atomic E-state index is 4.78. The summed E-state index contributed by atoms with van der Waals surface area (Å²) in [6.45, 7) is 6.22. The van der Waals surface area contributed by atoms with Gasteiger partial charge in [-0.1, -0.05) is 36.4 Å². The first-order valence-corrected chi connectivity index (χ1v) is 9.56. The smallest absolute Gasteiger partial charge is 0.114 e. The molecule has 0 saturated carbocycles. The summed E-state index contributed by atoms with van der Waals surface area (Å²) in [5, 5.41) is 8.56. The van der Waals surface area contributed by atoms with Gasteiger partial charge in [-0.15, -0.1) is 28.9 Å². The zero-order valence-corrected chi connectivity index (χ0v) is 19.3. The molecule has 2 aromatic heterocycles. The summed E-state index contributed by atoms with van der Waals surface area (Å²) < 4.78 is 4.18. The minimum atomic E-state index is 0. The van der Waals surface area contributed by atoms with Crippen molar-refractivity contribution in [2.45, 2.75) is 20.8 Å². The van der Waals surface area contributed by atoms with Crippen LogP contribution in [0.3, 0.4) is 0 Å². The summed E-state index contributed by atoms with van der Waals surface area (Å²) in [5.74, 6) is 1.70. The van der Waals surface area contributed by atoms with Crippen LogP contribution in [0.1, 0.15) is 17.0 Å². The molecule has 0 unspecified atom stereocenters. The predicted octanol–water partition coefficient (Wildman–Crippen LogP) is 5.00. The number of imidazole rings is 1. The van der Waals surface area contributed by atoms with E-state index in [2.05, 4.69) is 65.0 Å². The number of hydrogen-bond acceptors (Lipinski definition) is 3. The maximum Gasteiger partial charge on any atom is 0.114 e. The van der Waals surface area contributed by atoms with Gasteiger partial charge in [0, 0.05) is 37.0 Å². The number of rotatable bonds is 3. The van der Waals surface area contributed by atoms with Crippen molar-refractivity contribution in [2.75, 3.05) is 0 Å². The van der Waals surface area contributed by atoms with Crippen LogP contribution in [0, 0.1) is 26.8 Å². The molecule has 3 aromatic carbocycles. The molecule has 6 heteroatoms.